The summed E-state index contributed by atoms with van der Waals surface area (Å²) in [6.45, 7) is 5.44. The first-order valence-corrected chi connectivity index (χ1v) is 9.08. The lowest BCUT2D eigenvalue weighted by atomic mass is 9.80. The van der Waals surface area contributed by atoms with E-state index < -0.39 is 0 Å². The highest BCUT2D eigenvalue weighted by molar-refractivity contribution is 5.79. The fourth-order valence-corrected chi connectivity index (χ4v) is 3.88. The molecule has 0 radical (unpaired) electrons. The molecule has 2 heterocycles. The molecule has 2 fully saturated rings. The Morgan fingerprint density at radius 1 is 1.29 bits per heavy atom. The van der Waals surface area contributed by atoms with E-state index in [2.05, 4.69) is 30.7 Å². The van der Waals surface area contributed by atoms with Crippen molar-refractivity contribution in [3.8, 4) is 0 Å². The number of morpholine rings is 1. The van der Waals surface area contributed by atoms with Crippen molar-refractivity contribution in [1.82, 2.24) is 25.7 Å². The topological polar surface area (TPSA) is 77.6 Å². The lowest BCUT2D eigenvalue weighted by Gasteiger charge is -2.48. The molecular weight excluding hydrogens is 304 g/mol. The molecule has 134 valence electrons. The fraction of sp³-hybridized carbons (Fsp3) is 0.765. The van der Waals surface area contributed by atoms with Gasteiger partial charge in [-0.25, -0.2) is 0 Å². The maximum atomic E-state index is 5.55. The van der Waals surface area contributed by atoms with Gasteiger partial charge < -0.3 is 15.4 Å². The Morgan fingerprint density at radius 3 is 2.75 bits per heavy atom. The molecule has 3 N–H and O–H groups in total. The van der Waals surface area contributed by atoms with Crippen LogP contribution in [0.5, 0.6) is 0 Å². The second-order valence-electron chi connectivity index (χ2n) is 6.75. The van der Waals surface area contributed by atoms with E-state index in [1.165, 1.54) is 32.1 Å². The van der Waals surface area contributed by atoms with Crippen molar-refractivity contribution in [2.45, 2.75) is 44.2 Å². The van der Waals surface area contributed by atoms with E-state index in [4.69, 9.17) is 4.74 Å². The number of hydrogen-bond donors (Lipinski definition) is 3. The Morgan fingerprint density at radius 2 is 2.08 bits per heavy atom. The number of aliphatic imine (C=N–C) groups is 1. The van der Waals surface area contributed by atoms with Gasteiger partial charge in [-0.2, -0.15) is 5.10 Å². The average Bonchev–Trinajstić information content (AvgIpc) is 3.17. The van der Waals surface area contributed by atoms with Crippen LogP contribution in [-0.2, 0) is 11.3 Å². The van der Waals surface area contributed by atoms with E-state index in [1.54, 1.807) is 6.20 Å². The third kappa shape index (κ3) is 4.27. The van der Waals surface area contributed by atoms with Crippen LogP contribution in [0.4, 0.5) is 0 Å². The zero-order chi connectivity index (χ0) is 16.7. The van der Waals surface area contributed by atoms with E-state index in [-0.39, 0.29) is 5.54 Å². The van der Waals surface area contributed by atoms with E-state index >= 15 is 0 Å². The van der Waals surface area contributed by atoms with E-state index in [0.29, 0.717) is 6.54 Å². The van der Waals surface area contributed by atoms with E-state index in [9.17, 15) is 0 Å². The van der Waals surface area contributed by atoms with Crippen molar-refractivity contribution in [2.24, 2.45) is 4.99 Å². The number of hydrogen-bond acceptors (Lipinski definition) is 4. The van der Waals surface area contributed by atoms with Crippen LogP contribution in [0, 0.1) is 0 Å². The van der Waals surface area contributed by atoms with Gasteiger partial charge in [0.2, 0.25) is 0 Å². The van der Waals surface area contributed by atoms with Gasteiger partial charge in [0.1, 0.15) is 0 Å². The highest BCUT2D eigenvalue weighted by atomic mass is 16.5. The minimum Gasteiger partial charge on any atom is -0.379 e. The Hall–Kier alpha value is -1.60. The van der Waals surface area contributed by atoms with Crippen molar-refractivity contribution in [2.75, 3.05) is 39.9 Å². The van der Waals surface area contributed by atoms with Gasteiger partial charge in [-0.05, 0) is 18.9 Å². The van der Waals surface area contributed by atoms with Crippen LogP contribution in [0.2, 0.25) is 0 Å². The number of aromatic amines is 1. The highest BCUT2D eigenvalue weighted by Crippen LogP contribution is 2.33. The van der Waals surface area contributed by atoms with Crippen molar-refractivity contribution < 1.29 is 4.74 Å². The molecule has 24 heavy (non-hydrogen) atoms. The molecule has 0 atom stereocenters. The molecule has 3 rings (SSSR count). The second kappa shape index (κ2) is 8.48. The zero-order valence-corrected chi connectivity index (χ0v) is 14.7. The Balaban J connectivity index is 1.57. The third-order valence-corrected chi connectivity index (χ3v) is 5.28. The monoisotopic (exact) mass is 334 g/mol. The van der Waals surface area contributed by atoms with Gasteiger partial charge in [0, 0.05) is 38.4 Å². The number of rotatable bonds is 5. The minimum atomic E-state index is 0.244. The van der Waals surface area contributed by atoms with Gasteiger partial charge in [0.25, 0.3) is 0 Å². The van der Waals surface area contributed by atoms with Crippen LogP contribution < -0.4 is 10.6 Å². The van der Waals surface area contributed by atoms with Crippen molar-refractivity contribution >= 4 is 5.96 Å². The van der Waals surface area contributed by atoms with Gasteiger partial charge in [-0.15, -0.1) is 0 Å². The van der Waals surface area contributed by atoms with Gasteiger partial charge in [0.05, 0.1) is 25.5 Å². The number of ether oxygens (including phenoxy) is 1. The van der Waals surface area contributed by atoms with Crippen LogP contribution in [-0.4, -0.2) is 66.5 Å². The molecule has 0 spiro atoms. The maximum absolute atomic E-state index is 5.55. The first-order valence-electron chi connectivity index (χ1n) is 9.08. The van der Waals surface area contributed by atoms with Crippen LogP contribution in [0.3, 0.4) is 0 Å². The van der Waals surface area contributed by atoms with Gasteiger partial charge in [0.15, 0.2) is 5.96 Å². The Bertz CT molecular complexity index is 503. The fourth-order valence-electron chi connectivity index (χ4n) is 3.88. The number of nitrogens with one attached hydrogen (secondary N) is 3. The molecule has 0 bridgehead atoms. The summed E-state index contributed by atoms with van der Waals surface area (Å²) in [5, 5.41) is 13.9. The van der Waals surface area contributed by atoms with Crippen LogP contribution in [0.1, 0.15) is 37.8 Å². The summed E-state index contributed by atoms with van der Waals surface area (Å²) >= 11 is 0. The molecule has 0 amide bonds. The van der Waals surface area contributed by atoms with Crippen LogP contribution in [0.15, 0.2) is 17.3 Å². The predicted octanol–water partition coefficient (Wildman–Crippen LogP) is 1.11. The van der Waals surface area contributed by atoms with Gasteiger partial charge in [-0.3, -0.25) is 15.0 Å². The van der Waals surface area contributed by atoms with Crippen molar-refractivity contribution in [3.63, 3.8) is 0 Å². The smallest absolute Gasteiger partial charge is 0.191 e. The van der Waals surface area contributed by atoms with Crippen LogP contribution in [0.25, 0.3) is 0 Å². The lowest BCUT2D eigenvalue weighted by Crippen LogP contribution is -2.60. The van der Waals surface area contributed by atoms with E-state index in [1.807, 2.05) is 13.1 Å². The number of H-pyrrole nitrogens is 1. The SMILES string of the molecule is CN=C(NCc1ccn[nH]1)NCC1(N2CCOCC2)CCCCC1. The second-order valence-corrected chi connectivity index (χ2v) is 6.75. The molecule has 1 aliphatic carbocycles. The van der Waals surface area contributed by atoms with Gasteiger partial charge >= 0.3 is 0 Å². The largest absolute Gasteiger partial charge is 0.379 e. The Labute approximate surface area is 144 Å². The molecule has 0 aromatic carbocycles. The summed E-state index contributed by atoms with van der Waals surface area (Å²) in [5.74, 6) is 0.850. The summed E-state index contributed by atoms with van der Waals surface area (Å²) in [5.41, 5.74) is 1.30. The predicted molar refractivity (Wildman–Crippen MR) is 95.0 cm³/mol. The lowest BCUT2D eigenvalue weighted by molar-refractivity contribution is -0.0352. The number of aromatic nitrogens is 2. The molecule has 1 saturated heterocycles. The standard InChI is InChI=1S/C17H30N6O/c1-18-16(19-13-15-5-8-21-22-15)20-14-17(6-3-2-4-7-17)23-9-11-24-12-10-23/h5,8H,2-4,6-7,9-14H2,1H3,(H,21,22)(H2,18,19,20). The summed E-state index contributed by atoms with van der Waals surface area (Å²) in [7, 11) is 1.82. The average molecular weight is 334 g/mol. The molecule has 0 unspecified atom stereocenters. The first-order chi connectivity index (χ1) is 11.8. The third-order valence-electron chi connectivity index (χ3n) is 5.28. The molecule has 1 aromatic rings. The zero-order valence-electron chi connectivity index (χ0n) is 14.7. The summed E-state index contributed by atoms with van der Waals surface area (Å²) < 4.78 is 5.55. The molecular formula is C17H30N6O. The van der Waals surface area contributed by atoms with Crippen LogP contribution >= 0.6 is 0 Å². The summed E-state index contributed by atoms with van der Waals surface area (Å²) in [4.78, 5) is 7.01. The molecule has 2 aliphatic rings. The number of nitrogens with zero attached hydrogens (tertiary/aromatic N) is 3. The summed E-state index contributed by atoms with van der Waals surface area (Å²) in [6.07, 6.45) is 8.29. The summed E-state index contributed by atoms with van der Waals surface area (Å²) in [6, 6.07) is 1.97. The molecule has 7 nitrogen and oxygen atoms in total. The minimum absolute atomic E-state index is 0.244. The van der Waals surface area contributed by atoms with Crippen molar-refractivity contribution in [3.05, 3.63) is 18.0 Å². The molecule has 7 heteroatoms. The highest BCUT2D eigenvalue weighted by Gasteiger charge is 2.38. The first kappa shape index (κ1) is 17.2. The van der Waals surface area contributed by atoms with Gasteiger partial charge in [-0.1, -0.05) is 19.3 Å². The molecule has 1 saturated carbocycles. The van der Waals surface area contributed by atoms with Crippen molar-refractivity contribution in [1.29, 1.82) is 0 Å². The van der Waals surface area contributed by atoms with E-state index in [0.717, 1.165) is 44.5 Å². The Kier molecular flexibility index (Phi) is 6.09. The molecule has 1 aromatic heterocycles. The number of guanidine groups is 1. The quantitative estimate of drug-likeness (QED) is 0.555. The molecule has 1 aliphatic heterocycles. The normalized spacial score (nSPS) is 22.3. The maximum Gasteiger partial charge on any atom is 0.191 e.